The molecule has 82 valence electrons. The van der Waals surface area contributed by atoms with Crippen molar-refractivity contribution in [2.75, 3.05) is 19.8 Å². The highest BCUT2D eigenvalue weighted by Crippen LogP contribution is 2.31. The van der Waals surface area contributed by atoms with Crippen LogP contribution in [0.3, 0.4) is 0 Å². The highest BCUT2D eigenvalue weighted by atomic mass is 19.1. The maximum Gasteiger partial charge on any atom is 0.410 e. The number of amides is 1. The van der Waals surface area contributed by atoms with Gasteiger partial charge in [0.2, 0.25) is 0 Å². The van der Waals surface area contributed by atoms with E-state index >= 15 is 0 Å². The number of rotatable bonds is 1. The Bertz CT molecular complexity index is 229. The Kier molecular flexibility index (Phi) is 2.74. The van der Waals surface area contributed by atoms with E-state index in [1.54, 1.807) is 0 Å². The molecule has 3 nitrogen and oxygen atoms in total. The minimum absolute atomic E-state index is 0.344. The van der Waals surface area contributed by atoms with Crippen LogP contribution < -0.4 is 0 Å². The molecule has 0 saturated carbocycles. The van der Waals surface area contributed by atoms with Crippen LogP contribution in [0.4, 0.5) is 9.18 Å². The highest BCUT2D eigenvalue weighted by molar-refractivity contribution is 5.69. The van der Waals surface area contributed by atoms with Crippen molar-refractivity contribution in [1.29, 1.82) is 0 Å². The monoisotopic (exact) mass is 203 g/mol. The molecular formula is C10H18FNO2. The normalized spacial score (nSPS) is 20.2. The molecule has 14 heavy (non-hydrogen) atoms. The standard InChI is InChI=1S/C10H18FNO2/c1-9(2,3)14-8(13)12-6-10(4,5-11)7-12/h5-7H2,1-4H3. The molecule has 1 heterocycles. The molecule has 1 aliphatic rings. The lowest BCUT2D eigenvalue weighted by molar-refractivity contribution is -0.0352. The molecule has 0 spiro atoms. The van der Waals surface area contributed by atoms with E-state index in [9.17, 15) is 9.18 Å². The van der Waals surface area contributed by atoms with E-state index in [0.717, 1.165) is 0 Å². The fraction of sp³-hybridized carbons (Fsp3) is 0.900. The van der Waals surface area contributed by atoms with Gasteiger partial charge in [0.25, 0.3) is 0 Å². The van der Waals surface area contributed by atoms with Crippen molar-refractivity contribution in [3.63, 3.8) is 0 Å². The van der Waals surface area contributed by atoms with Gasteiger partial charge in [0.15, 0.2) is 0 Å². The topological polar surface area (TPSA) is 29.5 Å². The number of likely N-dealkylation sites (tertiary alicyclic amines) is 1. The molecule has 1 aliphatic heterocycles. The maximum absolute atomic E-state index is 12.4. The van der Waals surface area contributed by atoms with E-state index in [-0.39, 0.29) is 18.2 Å². The predicted octanol–water partition coefficient (Wildman–Crippen LogP) is 2.21. The molecule has 0 bridgehead atoms. The van der Waals surface area contributed by atoms with Crippen LogP contribution >= 0.6 is 0 Å². The molecule has 0 aromatic rings. The summed E-state index contributed by atoms with van der Waals surface area (Å²) in [5.41, 5.74) is -0.824. The van der Waals surface area contributed by atoms with Crippen LogP contribution in [0.15, 0.2) is 0 Å². The molecule has 0 N–H and O–H groups in total. The molecule has 0 aromatic carbocycles. The molecular weight excluding hydrogens is 185 g/mol. The molecule has 0 atom stereocenters. The van der Waals surface area contributed by atoms with E-state index in [0.29, 0.717) is 13.1 Å². The zero-order valence-electron chi connectivity index (χ0n) is 9.26. The Morgan fingerprint density at radius 3 is 2.36 bits per heavy atom. The van der Waals surface area contributed by atoms with Crippen LogP contribution in [0, 0.1) is 5.41 Å². The lowest BCUT2D eigenvalue weighted by Crippen LogP contribution is -2.58. The fourth-order valence-corrected chi connectivity index (χ4v) is 1.42. The van der Waals surface area contributed by atoms with E-state index in [2.05, 4.69) is 0 Å². The summed E-state index contributed by atoms with van der Waals surface area (Å²) in [7, 11) is 0. The third-order valence-corrected chi connectivity index (χ3v) is 2.12. The number of ether oxygens (including phenoxy) is 1. The second-order valence-corrected chi connectivity index (χ2v) is 5.28. The van der Waals surface area contributed by atoms with Crippen LogP contribution in [0.1, 0.15) is 27.7 Å². The van der Waals surface area contributed by atoms with Gasteiger partial charge in [-0.2, -0.15) is 0 Å². The van der Waals surface area contributed by atoms with Gasteiger partial charge in [-0.05, 0) is 20.8 Å². The summed E-state index contributed by atoms with van der Waals surface area (Å²) in [6.45, 7) is 7.81. The third kappa shape index (κ3) is 2.59. The molecule has 0 aromatic heterocycles. The van der Waals surface area contributed by atoms with Crippen LogP contribution in [0.2, 0.25) is 0 Å². The molecule has 1 saturated heterocycles. The van der Waals surface area contributed by atoms with Crippen LogP contribution in [-0.2, 0) is 4.74 Å². The molecule has 0 unspecified atom stereocenters. The number of halogens is 1. The van der Waals surface area contributed by atoms with Crippen molar-refractivity contribution in [3.05, 3.63) is 0 Å². The summed E-state index contributed by atoms with van der Waals surface area (Å²) < 4.78 is 17.6. The second-order valence-electron chi connectivity index (χ2n) is 5.28. The van der Waals surface area contributed by atoms with Crippen molar-refractivity contribution >= 4 is 6.09 Å². The van der Waals surface area contributed by atoms with Crippen molar-refractivity contribution in [1.82, 2.24) is 4.90 Å². The average molecular weight is 203 g/mol. The molecule has 1 rings (SSSR count). The van der Waals surface area contributed by atoms with Gasteiger partial charge in [-0.1, -0.05) is 6.92 Å². The first-order valence-corrected chi connectivity index (χ1v) is 4.80. The van der Waals surface area contributed by atoms with Crippen LogP contribution in [-0.4, -0.2) is 36.4 Å². The summed E-state index contributed by atoms with van der Waals surface area (Å²) in [5.74, 6) is 0. The molecule has 0 aliphatic carbocycles. The van der Waals surface area contributed by atoms with E-state index in [1.807, 2.05) is 27.7 Å². The van der Waals surface area contributed by atoms with Gasteiger partial charge in [-0.25, -0.2) is 4.79 Å². The number of carbonyl (C=O) groups excluding carboxylic acids is 1. The quantitative estimate of drug-likeness (QED) is 0.654. The largest absolute Gasteiger partial charge is 0.444 e. The summed E-state index contributed by atoms with van der Waals surface area (Å²) in [6, 6.07) is 0. The average Bonchev–Trinajstić information content (AvgIpc) is 1.95. The van der Waals surface area contributed by atoms with Crippen LogP contribution in [0.5, 0.6) is 0 Å². The van der Waals surface area contributed by atoms with E-state index in [4.69, 9.17) is 4.74 Å². The Balaban J connectivity index is 2.37. The SMILES string of the molecule is CC1(CF)CN(C(=O)OC(C)(C)C)C1. The first-order valence-electron chi connectivity index (χ1n) is 4.80. The summed E-state index contributed by atoms with van der Waals surface area (Å²) in [5, 5.41) is 0. The number of hydrogen-bond donors (Lipinski definition) is 0. The van der Waals surface area contributed by atoms with E-state index < -0.39 is 5.60 Å². The lowest BCUT2D eigenvalue weighted by atomic mass is 9.84. The first-order chi connectivity index (χ1) is 6.26. The molecule has 0 radical (unpaired) electrons. The summed E-state index contributed by atoms with van der Waals surface area (Å²) >= 11 is 0. The third-order valence-electron chi connectivity index (χ3n) is 2.12. The van der Waals surface area contributed by atoms with Gasteiger partial charge in [0.1, 0.15) is 5.60 Å². The van der Waals surface area contributed by atoms with Crippen LogP contribution in [0.25, 0.3) is 0 Å². The summed E-state index contributed by atoms with van der Waals surface area (Å²) in [6.07, 6.45) is -0.344. The Hall–Kier alpha value is -0.800. The number of carbonyl (C=O) groups is 1. The number of alkyl halides is 1. The number of hydrogen-bond acceptors (Lipinski definition) is 2. The zero-order chi connectivity index (χ0) is 11.0. The second kappa shape index (κ2) is 3.41. The molecule has 1 fully saturated rings. The first kappa shape index (κ1) is 11.3. The van der Waals surface area contributed by atoms with Gasteiger partial charge in [0, 0.05) is 18.5 Å². The molecule has 4 heteroatoms. The van der Waals surface area contributed by atoms with Crippen molar-refractivity contribution in [3.8, 4) is 0 Å². The maximum atomic E-state index is 12.4. The highest BCUT2D eigenvalue weighted by Gasteiger charge is 2.42. The van der Waals surface area contributed by atoms with E-state index in [1.165, 1.54) is 4.90 Å². The Morgan fingerprint density at radius 1 is 1.50 bits per heavy atom. The van der Waals surface area contributed by atoms with Gasteiger partial charge in [0.05, 0.1) is 6.67 Å². The smallest absolute Gasteiger partial charge is 0.410 e. The minimum atomic E-state index is -0.473. The Morgan fingerprint density at radius 2 is 2.00 bits per heavy atom. The minimum Gasteiger partial charge on any atom is -0.444 e. The molecule has 1 amide bonds. The zero-order valence-corrected chi connectivity index (χ0v) is 9.26. The Labute approximate surface area is 84.2 Å². The fourth-order valence-electron chi connectivity index (χ4n) is 1.42. The van der Waals surface area contributed by atoms with Gasteiger partial charge < -0.3 is 9.64 Å². The predicted molar refractivity (Wildman–Crippen MR) is 51.9 cm³/mol. The van der Waals surface area contributed by atoms with Crippen molar-refractivity contribution in [2.45, 2.75) is 33.3 Å². The number of nitrogens with zero attached hydrogens (tertiary/aromatic N) is 1. The summed E-state index contributed by atoms with van der Waals surface area (Å²) in [4.78, 5) is 13.0. The van der Waals surface area contributed by atoms with Gasteiger partial charge in [-0.3, -0.25) is 4.39 Å². The lowest BCUT2D eigenvalue weighted by Gasteiger charge is -2.46. The van der Waals surface area contributed by atoms with Crippen molar-refractivity contribution in [2.24, 2.45) is 5.41 Å². The van der Waals surface area contributed by atoms with Gasteiger partial charge in [-0.15, -0.1) is 0 Å². The van der Waals surface area contributed by atoms with Gasteiger partial charge >= 0.3 is 6.09 Å². The van der Waals surface area contributed by atoms with Crippen molar-refractivity contribution < 1.29 is 13.9 Å².